The maximum absolute atomic E-state index is 13.7. The summed E-state index contributed by atoms with van der Waals surface area (Å²) in [5, 5.41) is 7.29. The van der Waals surface area contributed by atoms with Crippen LogP contribution in [-0.2, 0) is 11.8 Å². The van der Waals surface area contributed by atoms with Gasteiger partial charge in [0.2, 0.25) is 5.89 Å². The van der Waals surface area contributed by atoms with E-state index in [-0.39, 0.29) is 23.6 Å². The highest BCUT2D eigenvalue weighted by atomic mass is 35.5. The number of benzene rings is 1. The van der Waals surface area contributed by atoms with E-state index < -0.39 is 0 Å². The van der Waals surface area contributed by atoms with Crippen molar-refractivity contribution >= 4 is 12.4 Å². The lowest BCUT2D eigenvalue weighted by Crippen LogP contribution is -2.26. The first-order valence-electron chi connectivity index (χ1n) is 7.90. The van der Waals surface area contributed by atoms with Crippen LogP contribution in [0, 0.1) is 5.82 Å². The summed E-state index contributed by atoms with van der Waals surface area (Å²) in [6.07, 6.45) is 4.78. The van der Waals surface area contributed by atoms with Crippen LogP contribution < -0.4 is 5.32 Å². The van der Waals surface area contributed by atoms with Crippen molar-refractivity contribution in [3.05, 3.63) is 47.4 Å². The van der Waals surface area contributed by atoms with E-state index in [1.165, 1.54) is 6.07 Å². The van der Waals surface area contributed by atoms with Gasteiger partial charge in [-0.25, -0.2) is 4.39 Å². The predicted molar refractivity (Wildman–Crippen MR) is 89.4 cm³/mol. The minimum Gasteiger partial charge on any atom is -0.338 e. The Bertz CT molecular complexity index is 640. The summed E-state index contributed by atoms with van der Waals surface area (Å²) in [6.45, 7) is 2.08. The lowest BCUT2D eigenvalue weighted by Gasteiger charge is -2.25. The Morgan fingerprint density at radius 1 is 1.35 bits per heavy atom. The Kier molecular flexibility index (Phi) is 5.76. The molecule has 0 amide bonds. The molecule has 1 aliphatic rings. The fourth-order valence-electron chi connectivity index (χ4n) is 3.30. The van der Waals surface area contributed by atoms with E-state index in [2.05, 4.69) is 22.4 Å². The van der Waals surface area contributed by atoms with Crippen molar-refractivity contribution in [2.45, 2.75) is 50.5 Å². The van der Waals surface area contributed by atoms with Gasteiger partial charge in [0.25, 0.3) is 0 Å². The Hall–Kier alpha value is -1.46. The van der Waals surface area contributed by atoms with Crippen LogP contribution in [0.5, 0.6) is 0 Å². The van der Waals surface area contributed by atoms with E-state index in [1.807, 2.05) is 13.1 Å². The third-order valence-electron chi connectivity index (χ3n) is 4.69. The minimum absolute atomic E-state index is 0. The van der Waals surface area contributed by atoms with Gasteiger partial charge in [-0.1, -0.05) is 30.1 Å². The molecule has 3 rings (SSSR count). The second kappa shape index (κ2) is 7.41. The Morgan fingerprint density at radius 2 is 2.09 bits per heavy atom. The summed E-state index contributed by atoms with van der Waals surface area (Å²) in [4.78, 5) is 4.62. The molecule has 1 heterocycles. The number of hydrogen-bond donors (Lipinski definition) is 1. The van der Waals surface area contributed by atoms with E-state index in [0.717, 1.165) is 37.7 Å². The molecule has 0 bridgehead atoms. The second-order valence-corrected chi connectivity index (χ2v) is 6.21. The van der Waals surface area contributed by atoms with Crippen molar-refractivity contribution < 1.29 is 8.91 Å². The molecular weight excluding hydrogens is 317 g/mol. The molecule has 0 spiro atoms. The van der Waals surface area contributed by atoms with Crippen LogP contribution in [0.1, 0.15) is 49.9 Å². The van der Waals surface area contributed by atoms with Crippen LogP contribution in [0.3, 0.4) is 0 Å². The fraction of sp³-hybridized carbons (Fsp3) is 0.529. The van der Waals surface area contributed by atoms with Gasteiger partial charge in [0, 0.05) is 12.5 Å². The normalized spacial score (nSPS) is 17.7. The van der Waals surface area contributed by atoms with Gasteiger partial charge in [-0.3, -0.25) is 0 Å². The summed E-state index contributed by atoms with van der Waals surface area (Å²) in [5.74, 6) is 1.13. The molecule has 1 unspecified atom stereocenters. The number of likely N-dealkylation sites (N-methyl/N-ethyl adjacent to an activating group) is 1. The molecule has 2 aromatic rings. The lowest BCUT2D eigenvalue weighted by atomic mass is 9.78. The molecule has 1 aromatic heterocycles. The van der Waals surface area contributed by atoms with Gasteiger partial charge in [-0.2, -0.15) is 4.98 Å². The van der Waals surface area contributed by atoms with Crippen molar-refractivity contribution in [2.24, 2.45) is 0 Å². The minimum atomic E-state index is -0.323. The molecule has 6 heteroatoms. The molecule has 1 aliphatic carbocycles. The standard InChI is InChI=1S/C17H22FN3O.ClH/c1-12(19-2)10-15-20-16(22-21-15)17(8-3-4-9-17)13-6-5-7-14(18)11-13;/h5-7,11-12,19H,3-4,8-10H2,1-2H3;1H. The molecule has 126 valence electrons. The number of halogens is 2. The van der Waals surface area contributed by atoms with Crippen molar-refractivity contribution in [3.63, 3.8) is 0 Å². The van der Waals surface area contributed by atoms with Crippen molar-refractivity contribution in [2.75, 3.05) is 7.05 Å². The first-order chi connectivity index (χ1) is 10.6. The van der Waals surface area contributed by atoms with Gasteiger partial charge in [-0.15, -0.1) is 12.4 Å². The van der Waals surface area contributed by atoms with Crippen LogP contribution in [-0.4, -0.2) is 23.2 Å². The van der Waals surface area contributed by atoms with Gasteiger partial charge < -0.3 is 9.84 Å². The van der Waals surface area contributed by atoms with E-state index in [4.69, 9.17) is 4.52 Å². The first-order valence-corrected chi connectivity index (χ1v) is 7.90. The summed E-state index contributed by atoms with van der Waals surface area (Å²) in [5.41, 5.74) is 0.623. The Labute approximate surface area is 142 Å². The van der Waals surface area contributed by atoms with E-state index in [9.17, 15) is 4.39 Å². The average Bonchev–Trinajstić information content (AvgIpc) is 3.16. The van der Waals surface area contributed by atoms with Crippen LogP contribution in [0.2, 0.25) is 0 Å². The molecule has 0 aliphatic heterocycles. The molecule has 23 heavy (non-hydrogen) atoms. The molecule has 4 nitrogen and oxygen atoms in total. The smallest absolute Gasteiger partial charge is 0.237 e. The molecule has 0 saturated heterocycles. The first kappa shape index (κ1) is 17.9. The summed E-state index contributed by atoms with van der Waals surface area (Å²) < 4.78 is 19.2. The van der Waals surface area contributed by atoms with Crippen molar-refractivity contribution in [1.82, 2.24) is 15.5 Å². The summed E-state index contributed by atoms with van der Waals surface area (Å²) in [6, 6.07) is 7.09. The highest BCUT2D eigenvalue weighted by Gasteiger charge is 2.42. The fourth-order valence-corrected chi connectivity index (χ4v) is 3.30. The Morgan fingerprint density at radius 3 is 2.74 bits per heavy atom. The second-order valence-electron chi connectivity index (χ2n) is 6.21. The molecule has 1 N–H and O–H groups in total. The lowest BCUT2D eigenvalue weighted by molar-refractivity contribution is 0.308. The highest BCUT2D eigenvalue weighted by Crippen LogP contribution is 2.45. The maximum atomic E-state index is 13.7. The molecule has 1 atom stereocenters. The SMILES string of the molecule is CNC(C)Cc1noc(C2(c3cccc(F)c3)CCCC2)n1.Cl. The third kappa shape index (κ3) is 3.56. The van der Waals surface area contributed by atoms with Crippen LogP contribution in [0.4, 0.5) is 4.39 Å². The summed E-state index contributed by atoms with van der Waals surface area (Å²) in [7, 11) is 1.91. The zero-order valence-corrected chi connectivity index (χ0v) is 14.3. The van der Waals surface area contributed by atoms with Gasteiger partial charge in [0.15, 0.2) is 5.82 Å². The Balaban J connectivity index is 0.00000192. The number of hydrogen-bond acceptors (Lipinski definition) is 4. The van der Waals surface area contributed by atoms with Crippen LogP contribution >= 0.6 is 12.4 Å². The van der Waals surface area contributed by atoms with Gasteiger partial charge in [0.05, 0.1) is 5.41 Å². The topological polar surface area (TPSA) is 51.0 Å². The third-order valence-corrected chi connectivity index (χ3v) is 4.69. The molecule has 0 radical (unpaired) electrons. The van der Waals surface area contributed by atoms with Gasteiger partial charge >= 0.3 is 0 Å². The molecule has 1 aromatic carbocycles. The van der Waals surface area contributed by atoms with E-state index in [0.29, 0.717) is 17.8 Å². The van der Waals surface area contributed by atoms with Crippen LogP contribution in [0.15, 0.2) is 28.8 Å². The highest BCUT2D eigenvalue weighted by molar-refractivity contribution is 5.85. The van der Waals surface area contributed by atoms with Gasteiger partial charge in [-0.05, 0) is 44.5 Å². The zero-order chi connectivity index (χ0) is 15.6. The van der Waals surface area contributed by atoms with E-state index >= 15 is 0 Å². The maximum Gasteiger partial charge on any atom is 0.237 e. The zero-order valence-electron chi connectivity index (χ0n) is 13.5. The van der Waals surface area contributed by atoms with E-state index in [1.54, 1.807) is 12.1 Å². The van der Waals surface area contributed by atoms with Crippen LogP contribution in [0.25, 0.3) is 0 Å². The number of nitrogens with zero attached hydrogens (tertiary/aromatic N) is 2. The predicted octanol–water partition coefficient (Wildman–Crippen LogP) is 3.64. The quantitative estimate of drug-likeness (QED) is 0.903. The van der Waals surface area contributed by atoms with Gasteiger partial charge in [0.1, 0.15) is 5.82 Å². The largest absolute Gasteiger partial charge is 0.338 e. The van der Waals surface area contributed by atoms with Crippen molar-refractivity contribution in [3.8, 4) is 0 Å². The average molecular weight is 340 g/mol. The molecule has 1 fully saturated rings. The summed E-state index contributed by atoms with van der Waals surface area (Å²) >= 11 is 0. The number of aromatic nitrogens is 2. The molecular formula is C17H23ClFN3O. The number of nitrogens with one attached hydrogen (secondary N) is 1. The molecule has 1 saturated carbocycles. The number of rotatable bonds is 5. The monoisotopic (exact) mass is 339 g/mol. The van der Waals surface area contributed by atoms with Crippen molar-refractivity contribution in [1.29, 1.82) is 0 Å².